The number of carbonyl (C=O) groups is 1. The van der Waals surface area contributed by atoms with Gasteiger partial charge in [-0.25, -0.2) is 0 Å². The third kappa shape index (κ3) is 1.38. The van der Waals surface area contributed by atoms with E-state index >= 15 is 0 Å². The van der Waals surface area contributed by atoms with Crippen molar-refractivity contribution >= 4 is 5.78 Å². The Morgan fingerprint density at radius 1 is 1.70 bits per heavy atom. The van der Waals surface area contributed by atoms with E-state index in [1.54, 1.807) is 7.11 Å². The fraction of sp³-hybridized carbons (Fsp3) is 0.625. The number of rotatable bonds is 1. The van der Waals surface area contributed by atoms with Crippen molar-refractivity contribution in [3.05, 3.63) is 11.8 Å². The summed E-state index contributed by atoms with van der Waals surface area (Å²) in [5.41, 5.74) is 0. The molecule has 0 heterocycles. The van der Waals surface area contributed by atoms with E-state index in [0.29, 0.717) is 18.1 Å². The highest BCUT2D eigenvalue weighted by molar-refractivity contribution is 5.94. The Morgan fingerprint density at radius 2 is 2.40 bits per heavy atom. The summed E-state index contributed by atoms with van der Waals surface area (Å²) in [6, 6.07) is 0. The van der Waals surface area contributed by atoms with E-state index in [1.165, 1.54) is 0 Å². The Balaban J connectivity index is 2.72. The molecule has 1 atom stereocenters. The minimum atomic E-state index is 0.139. The van der Waals surface area contributed by atoms with Gasteiger partial charge in [-0.05, 0) is 18.4 Å². The molecular formula is C8H12O2. The van der Waals surface area contributed by atoms with Gasteiger partial charge in [-0.3, -0.25) is 4.79 Å². The lowest BCUT2D eigenvalue weighted by atomic mass is 9.96. The van der Waals surface area contributed by atoms with Crippen molar-refractivity contribution in [3.8, 4) is 0 Å². The minimum absolute atomic E-state index is 0.139. The molecule has 2 heteroatoms. The predicted octanol–water partition coefficient (Wildman–Crippen LogP) is 1.52. The lowest BCUT2D eigenvalue weighted by molar-refractivity contribution is -0.119. The van der Waals surface area contributed by atoms with E-state index in [9.17, 15) is 4.79 Å². The van der Waals surface area contributed by atoms with Gasteiger partial charge in [0.25, 0.3) is 0 Å². The first-order chi connectivity index (χ1) is 4.74. The molecule has 1 aliphatic carbocycles. The van der Waals surface area contributed by atoms with E-state index < -0.39 is 0 Å². The lowest BCUT2D eigenvalue weighted by Crippen LogP contribution is -2.12. The predicted molar refractivity (Wildman–Crippen MR) is 38.5 cm³/mol. The topological polar surface area (TPSA) is 26.3 Å². The standard InChI is InChI=1S/C8H12O2/c1-6-3-4-7(9)8(5-6)10-2/h5-6H,3-4H2,1-2H3. The van der Waals surface area contributed by atoms with Crippen LogP contribution in [0.2, 0.25) is 0 Å². The van der Waals surface area contributed by atoms with Crippen molar-refractivity contribution in [2.75, 3.05) is 7.11 Å². The number of Topliss-reactive ketones (excluding diaryl/α,β-unsaturated/α-hetero) is 1. The first-order valence-electron chi connectivity index (χ1n) is 3.53. The van der Waals surface area contributed by atoms with Crippen LogP contribution in [0.4, 0.5) is 0 Å². The zero-order valence-electron chi connectivity index (χ0n) is 6.39. The molecule has 0 aromatic heterocycles. The van der Waals surface area contributed by atoms with Gasteiger partial charge in [0.05, 0.1) is 7.11 Å². The number of methoxy groups -OCH3 is 1. The summed E-state index contributed by atoms with van der Waals surface area (Å²) < 4.78 is 4.89. The van der Waals surface area contributed by atoms with Gasteiger partial charge in [-0.1, -0.05) is 6.92 Å². The molecule has 0 saturated carbocycles. The van der Waals surface area contributed by atoms with Crippen LogP contribution in [0.25, 0.3) is 0 Å². The summed E-state index contributed by atoms with van der Waals surface area (Å²) in [5, 5.41) is 0. The summed E-state index contributed by atoms with van der Waals surface area (Å²) >= 11 is 0. The van der Waals surface area contributed by atoms with E-state index in [0.717, 1.165) is 6.42 Å². The molecule has 0 radical (unpaired) electrons. The van der Waals surface area contributed by atoms with Gasteiger partial charge < -0.3 is 4.74 Å². The highest BCUT2D eigenvalue weighted by Crippen LogP contribution is 2.19. The average Bonchev–Trinajstić information content (AvgIpc) is 1.94. The minimum Gasteiger partial charge on any atom is -0.493 e. The van der Waals surface area contributed by atoms with Crippen molar-refractivity contribution in [1.29, 1.82) is 0 Å². The summed E-state index contributed by atoms with van der Waals surface area (Å²) in [7, 11) is 1.54. The van der Waals surface area contributed by atoms with Gasteiger partial charge in [0, 0.05) is 6.42 Å². The highest BCUT2D eigenvalue weighted by atomic mass is 16.5. The van der Waals surface area contributed by atoms with E-state index in [1.807, 2.05) is 6.08 Å². The summed E-state index contributed by atoms with van der Waals surface area (Å²) in [6.07, 6.45) is 3.50. The third-order valence-electron chi connectivity index (χ3n) is 1.76. The van der Waals surface area contributed by atoms with Crippen molar-refractivity contribution < 1.29 is 9.53 Å². The molecule has 0 saturated heterocycles. The first-order valence-corrected chi connectivity index (χ1v) is 3.53. The maximum atomic E-state index is 11.0. The molecule has 0 aromatic rings. The molecule has 0 aromatic carbocycles. The molecule has 2 nitrogen and oxygen atoms in total. The second-order valence-corrected chi connectivity index (χ2v) is 2.67. The number of carbonyl (C=O) groups excluding carboxylic acids is 1. The monoisotopic (exact) mass is 140 g/mol. The Labute approximate surface area is 60.9 Å². The number of hydrogen-bond acceptors (Lipinski definition) is 2. The largest absolute Gasteiger partial charge is 0.493 e. The van der Waals surface area contributed by atoms with Crippen LogP contribution in [0.1, 0.15) is 19.8 Å². The first kappa shape index (κ1) is 7.32. The van der Waals surface area contributed by atoms with E-state index in [-0.39, 0.29) is 5.78 Å². The van der Waals surface area contributed by atoms with Gasteiger partial charge in [-0.2, -0.15) is 0 Å². The molecule has 56 valence electrons. The van der Waals surface area contributed by atoms with Crippen molar-refractivity contribution in [1.82, 2.24) is 0 Å². The zero-order valence-corrected chi connectivity index (χ0v) is 6.39. The Morgan fingerprint density at radius 3 is 2.90 bits per heavy atom. The molecule has 0 N–H and O–H groups in total. The van der Waals surface area contributed by atoms with Gasteiger partial charge in [0.2, 0.25) is 0 Å². The molecular weight excluding hydrogens is 128 g/mol. The van der Waals surface area contributed by atoms with Crippen LogP contribution in [0, 0.1) is 5.92 Å². The van der Waals surface area contributed by atoms with Crippen LogP contribution in [0.5, 0.6) is 0 Å². The molecule has 10 heavy (non-hydrogen) atoms. The summed E-state index contributed by atoms with van der Waals surface area (Å²) in [4.78, 5) is 11.0. The molecule has 1 aliphatic rings. The van der Waals surface area contributed by atoms with Crippen molar-refractivity contribution in [2.45, 2.75) is 19.8 Å². The second kappa shape index (κ2) is 2.86. The molecule has 0 aliphatic heterocycles. The normalized spacial score (nSPS) is 26.0. The van der Waals surface area contributed by atoms with Crippen molar-refractivity contribution in [2.24, 2.45) is 5.92 Å². The fourth-order valence-corrected chi connectivity index (χ4v) is 1.10. The van der Waals surface area contributed by atoms with E-state index in [4.69, 9.17) is 4.74 Å². The lowest BCUT2D eigenvalue weighted by Gasteiger charge is -2.14. The Bertz CT molecular complexity index is 170. The molecule has 0 bridgehead atoms. The molecule has 0 spiro atoms. The smallest absolute Gasteiger partial charge is 0.197 e. The van der Waals surface area contributed by atoms with Crippen LogP contribution in [0.3, 0.4) is 0 Å². The SMILES string of the molecule is COC1=CC(C)CCC1=O. The molecule has 1 rings (SSSR count). The molecule has 1 unspecified atom stereocenters. The number of ether oxygens (including phenoxy) is 1. The van der Waals surface area contributed by atoms with Crippen LogP contribution in [0.15, 0.2) is 11.8 Å². The molecule has 0 amide bonds. The quantitative estimate of drug-likeness (QED) is 0.552. The summed E-state index contributed by atoms with van der Waals surface area (Å²) in [5.74, 6) is 1.17. The van der Waals surface area contributed by atoms with Crippen LogP contribution < -0.4 is 0 Å². The number of allylic oxidation sites excluding steroid dienone is 2. The summed E-state index contributed by atoms with van der Waals surface area (Å²) in [6.45, 7) is 2.09. The third-order valence-corrected chi connectivity index (χ3v) is 1.76. The molecule has 0 fully saturated rings. The Kier molecular flexibility index (Phi) is 2.10. The van der Waals surface area contributed by atoms with Gasteiger partial charge in [-0.15, -0.1) is 0 Å². The van der Waals surface area contributed by atoms with Crippen molar-refractivity contribution in [3.63, 3.8) is 0 Å². The number of hydrogen-bond donors (Lipinski definition) is 0. The maximum absolute atomic E-state index is 11.0. The number of ketones is 1. The van der Waals surface area contributed by atoms with Gasteiger partial charge >= 0.3 is 0 Å². The zero-order chi connectivity index (χ0) is 7.56. The van der Waals surface area contributed by atoms with Crippen LogP contribution in [-0.2, 0) is 9.53 Å². The van der Waals surface area contributed by atoms with Crippen LogP contribution in [-0.4, -0.2) is 12.9 Å². The maximum Gasteiger partial charge on any atom is 0.197 e. The fourth-order valence-electron chi connectivity index (χ4n) is 1.10. The highest BCUT2D eigenvalue weighted by Gasteiger charge is 2.17. The van der Waals surface area contributed by atoms with E-state index in [2.05, 4.69) is 6.92 Å². The van der Waals surface area contributed by atoms with Gasteiger partial charge in [0.1, 0.15) is 0 Å². The van der Waals surface area contributed by atoms with Gasteiger partial charge in [0.15, 0.2) is 11.5 Å². The van der Waals surface area contributed by atoms with Crippen LogP contribution >= 0.6 is 0 Å². The second-order valence-electron chi connectivity index (χ2n) is 2.67. The Hall–Kier alpha value is -0.790. The average molecular weight is 140 g/mol.